The summed E-state index contributed by atoms with van der Waals surface area (Å²) in [5.74, 6) is -0.687. The molecule has 1 atom stereocenters. The molecule has 0 spiro atoms. The van der Waals surface area contributed by atoms with Gasteiger partial charge in [-0.25, -0.2) is 0 Å². The second-order valence-corrected chi connectivity index (χ2v) is 5.07. The molecule has 21 heavy (non-hydrogen) atoms. The number of hydrogen-bond donors (Lipinski definition) is 0. The summed E-state index contributed by atoms with van der Waals surface area (Å²) >= 11 is 0. The lowest BCUT2D eigenvalue weighted by Crippen LogP contribution is -2.28. The van der Waals surface area contributed by atoms with Gasteiger partial charge in [0, 0.05) is 12.1 Å². The van der Waals surface area contributed by atoms with Gasteiger partial charge in [-0.05, 0) is 38.8 Å². The monoisotopic (exact) mass is 288 g/mol. The Kier molecular flexibility index (Phi) is 4.73. The van der Waals surface area contributed by atoms with Crippen LogP contribution in [0.5, 0.6) is 0 Å². The maximum atomic E-state index is 12.5. The molecule has 112 valence electrons. The fraction of sp³-hybridized carbons (Fsp3) is 0.438. The number of rotatable bonds is 5. The van der Waals surface area contributed by atoms with E-state index >= 15 is 0 Å². The number of nitrogens with zero attached hydrogens (tertiary/aromatic N) is 2. The molecule has 0 radical (unpaired) electrons. The zero-order valence-corrected chi connectivity index (χ0v) is 12.6. The number of hydrogen-bond acceptors (Lipinski definition) is 4. The van der Waals surface area contributed by atoms with Crippen LogP contribution in [0.1, 0.15) is 32.3 Å². The molecule has 5 nitrogen and oxygen atoms in total. The highest BCUT2D eigenvalue weighted by atomic mass is 16.5. The number of hydrazone groups is 1. The van der Waals surface area contributed by atoms with Crippen LogP contribution in [0.4, 0.5) is 5.69 Å². The van der Waals surface area contributed by atoms with Gasteiger partial charge >= 0.3 is 5.97 Å². The summed E-state index contributed by atoms with van der Waals surface area (Å²) in [5.41, 5.74) is 2.53. The second-order valence-electron chi connectivity index (χ2n) is 5.07. The number of ether oxygens (including phenoxy) is 1. The van der Waals surface area contributed by atoms with Gasteiger partial charge in [-0.1, -0.05) is 18.2 Å². The Balaban J connectivity index is 2.08. The minimum Gasteiger partial charge on any atom is -0.466 e. The first-order valence-corrected chi connectivity index (χ1v) is 7.15. The number of anilines is 1. The summed E-state index contributed by atoms with van der Waals surface area (Å²) in [6, 6.07) is 7.62. The molecule has 0 N–H and O–H groups in total. The number of carbonyl (C=O) groups is 2. The van der Waals surface area contributed by atoms with Gasteiger partial charge in [-0.15, -0.1) is 0 Å². The number of benzene rings is 1. The van der Waals surface area contributed by atoms with Gasteiger partial charge in [0.15, 0.2) is 0 Å². The van der Waals surface area contributed by atoms with Crippen LogP contribution >= 0.6 is 0 Å². The number of aryl methyl sites for hydroxylation is 1. The van der Waals surface area contributed by atoms with E-state index in [1.54, 1.807) is 6.92 Å². The molecule has 1 aliphatic rings. The predicted molar refractivity (Wildman–Crippen MR) is 81.1 cm³/mol. The molecule has 0 saturated carbocycles. The zero-order valence-electron chi connectivity index (χ0n) is 12.6. The fourth-order valence-electron chi connectivity index (χ4n) is 2.40. The Morgan fingerprint density at radius 2 is 2.05 bits per heavy atom. The standard InChI is InChI=1S/C16H20N2O3/c1-4-21-15(19)10-9-13-12(3)17-18(16(13)20)14-8-6-5-7-11(14)2/h5-8,13H,4,9-10H2,1-3H3. The molecule has 2 rings (SSSR count). The van der Waals surface area contributed by atoms with Crippen LogP contribution in [0, 0.1) is 12.8 Å². The van der Waals surface area contributed by atoms with E-state index in [1.165, 1.54) is 5.01 Å². The van der Waals surface area contributed by atoms with E-state index in [-0.39, 0.29) is 24.2 Å². The molecule has 5 heteroatoms. The van der Waals surface area contributed by atoms with Gasteiger partial charge in [-0.3, -0.25) is 9.59 Å². The highest BCUT2D eigenvalue weighted by Crippen LogP contribution is 2.28. The maximum Gasteiger partial charge on any atom is 0.305 e. The van der Waals surface area contributed by atoms with Crippen molar-refractivity contribution in [2.75, 3.05) is 11.6 Å². The predicted octanol–water partition coefficient (Wildman–Crippen LogP) is 2.68. The Hall–Kier alpha value is -2.17. The van der Waals surface area contributed by atoms with E-state index in [2.05, 4.69) is 5.10 Å². The Morgan fingerprint density at radius 1 is 1.33 bits per heavy atom. The maximum absolute atomic E-state index is 12.5. The zero-order chi connectivity index (χ0) is 15.4. The van der Waals surface area contributed by atoms with Gasteiger partial charge in [0.2, 0.25) is 0 Å². The van der Waals surface area contributed by atoms with Crippen molar-refractivity contribution in [2.45, 2.75) is 33.6 Å². The van der Waals surface area contributed by atoms with E-state index in [1.807, 2.05) is 38.1 Å². The third kappa shape index (κ3) is 3.29. The van der Waals surface area contributed by atoms with Gasteiger partial charge in [-0.2, -0.15) is 10.1 Å². The summed E-state index contributed by atoms with van der Waals surface area (Å²) in [7, 11) is 0. The molecule has 1 unspecified atom stereocenters. The second kappa shape index (κ2) is 6.52. The molecule has 0 saturated heterocycles. The van der Waals surface area contributed by atoms with E-state index in [0.717, 1.165) is 17.0 Å². The molecule has 0 aliphatic carbocycles. The lowest BCUT2D eigenvalue weighted by atomic mass is 9.98. The van der Waals surface area contributed by atoms with E-state index in [4.69, 9.17) is 4.74 Å². The third-order valence-corrected chi connectivity index (χ3v) is 3.55. The smallest absolute Gasteiger partial charge is 0.305 e. The Bertz CT molecular complexity index is 581. The van der Waals surface area contributed by atoms with Crippen molar-refractivity contribution in [3.63, 3.8) is 0 Å². The first-order chi connectivity index (χ1) is 10.0. The molecule has 1 heterocycles. The molecule has 0 fully saturated rings. The van der Waals surface area contributed by atoms with E-state index in [9.17, 15) is 9.59 Å². The largest absolute Gasteiger partial charge is 0.466 e. The van der Waals surface area contributed by atoms with Crippen molar-refractivity contribution in [2.24, 2.45) is 11.0 Å². The third-order valence-electron chi connectivity index (χ3n) is 3.55. The van der Waals surface area contributed by atoms with Gasteiger partial charge in [0.1, 0.15) is 0 Å². The minimum absolute atomic E-state index is 0.0777. The highest BCUT2D eigenvalue weighted by Gasteiger charge is 2.34. The summed E-state index contributed by atoms with van der Waals surface area (Å²) in [6.45, 7) is 5.90. The molecule has 1 amide bonds. The number of amides is 1. The van der Waals surface area contributed by atoms with Crippen LogP contribution in [0.3, 0.4) is 0 Å². The molecular weight excluding hydrogens is 268 g/mol. The average molecular weight is 288 g/mol. The van der Waals surface area contributed by atoms with Crippen LogP contribution in [0.2, 0.25) is 0 Å². The topological polar surface area (TPSA) is 59.0 Å². The van der Waals surface area contributed by atoms with Crippen molar-refractivity contribution < 1.29 is 14.3 Å². The Morgan fingerprint density at radius 3 is 2.71 bits per heavy atom. The summed E-state index contributed by atoms with van der Waals surface area (Å²) in [5, 5.41) is 5.80. The van der Waals surface area contributed by atoms with Crippen LogP contribution in [-0.4, -0.2) is 24.2 Å². The average Bonchev–Trinajstić information content (AvgIpc) is 2.73. The first kappa shape index (κ1) is 15.2. The Labute approximate surface area is 124 Å². The molecule has 1 aromatic carbocycles. The van der Waals surface area contributed by atoms with Crippen molar-refractivity contribution in [3.05, 3.63) is 29.8 Å². The summed E-state index contributed by atoms with van der Waals surface area (Å²) in [6.07, 6.45) is 0.675. The van der Waals surface area contributed by atoms with Crippen LogP contribution < -0.4 is 5.01 Å². The van der Waals surface area contributed by atoms with Crippen LogP contribution in [0.25, 0.3) is 0 Å². The molecule has 1 aliphatic heterocycles. The first-order valence-electron chi connectivity index (χ1n) is 7.15. The van der Waals surface area contributed by atoms with Crippen LogP contribution in [-0.2, 0) is 14.3 Å². The van der Waals surface area contributed by atoms with Crippen molar-refractivity contribution >= 4 is 23.3 Å². The number of carbonyl (C=O) groups excluding carboxylic acids is 2. The van der Waals surface area contributed by atoms with Crippen LogP contribution in [0.15, 0.2) is 29.4 Å². The van der Waals surface area contributed by atoms with E-state index in [0.29, 0.717) is 13.0 Å². The van der Waals surface area contributed by atoms with Gasteiger partial charge in [0.05, 0.1) is 18.2 Å². The fourth-order valence-corrected chi connectivity index (χ4v) is 2.40. The van der Waals surface area contributed by atoms with Crippen molar-refractivity contribution in [1.29, 1.82) is 0 Å². The molecule has 1 aromatic rings. The highest BCUT2D eigenvalue weighted by molar-refractivity contribution is 6.15. The van der Waals surface area contributed by atoms with Crippen molar-refractivity contribution in [3.8, 4) is 0 Å². The lowest BCUT2D eigenvalue weighted by Gasteiger charge is -2.16. The van der Waals surface area contributed by atoms with Gasteiger partial charge < -0.3 is 4.74 Å². The summed E-state index contributed by atoms with van der Waals surface area (Å²) < 4.78 is 4.90. The van der Waals surface area contributed by atoms with E-state index < -0.39 is 0 Å². The molecule has 0 bridgehead atoms. The SMILES string of the molecule is CCOC(=O)CCC1C(=O)N(c2ccccc2C)N=C1C. The normalized spacial score (nSPS) is 17.9. The van der Waals surface area contributed by atoms with Gasteiger partial charge in [0.25, 0.3) is 5.91 Å². The summed E-state index contributed by atoms with van der Waals surface area (Å²) in [4.78, 5) is 23.9. The number of esters is 1. The molecular formula is C16H20N2O3. The van der Waals surface area contributed by atoms with Crippen molar-refractivity contribution in [1.82, 2.24) is 0 Å². The molecule has 0 aromatic heterocycles. The quantitative estimate of drug-likeness (QED) is 0.783. The minimum atomic E-state index is -0.339. The lowest BCUT2D eigenvalue weighted by molar-refractivity contribution is -0.143. The number of para-hydroxylation sites is 1.